The highest BCUT2D eigenvalue weighted by molar-refractivity contribution is 7.15. The summed E-state index contributed by atoms with van der Waals surface area (Å²) in [6.45, 7) is 4.03. The first kappa shape index (κ1) is 35.7. The van der Waals surface area contributed by atoms with Crippen LogP contribution >= 0.6 is 11.3 Å². The maximum absolute atomic E-state index is 12.6. The van der Waals surface area contributed by atoms with Crippen LogP contribution in [0, 0.1) is 0 Å². The van der Waals surface area contributed by atoms with Crippen LogP contribution in [0.3, 0.4) is 0 Å². The van der Waals surface area contributed by atoms with Gasteiger partial charge >= 0.3 is 12.5 Å². The lowest BCUT2D eigenvalue weighted by Gasteiger charge is -2.14. The lowest BCUT2D eigenvalue weighted by molar-refractivity contribution is -0.274. The van der Waals surface area contributed by atoms with Gasteiger partial charge in [0.15, 0.2) is 5.82 Å². The van der Waals surface area contributed by atoms with Gasteiger partial charge in [0.25, 0.3) is 0 Å². The number of nitrogens with one attached hydrogen (secondary N) is 3. The summed E-state index contributed by atoms with van der Waals surface area (Å²) in [5.74, 6) is -0.766. The summed E-state index contributed by atoms with van der Waals surface area (Å²) in [5.41, 5.74) is 2.65. The molecule has 12 nitrogen and oxygen atoms in total. The molecule has 4 aromatic rings. The van der Waals surface area contributed by atoms with E-state index >= 15 is 0 Å². The minimum absolute atomic E-state index is 0.108. The van der Waals surface area contributed by atoms with Gasteiger partial charge in [-0.3, -0.25) is 9.59 Å². The predicted octanol–water partition coefficient (Wildman–Crippen LogP) is 5.96. The smallest absolute Gasteiger partial charge is 0.442 e. The maximum atomic E-state index is 12.6. The first-order chi connectivity index (χ1) is 23.0. The molecule has 2 heterocycles. The van der Waals surface area contributed by atoms with Gasteiger partial charge in [0.05, 0.1) is 18.5 Å². The van der Waals surface area contributed by atoms with Gasteiger partial charge in [-0.25, -0.2) is 4.79 Å². The number of aromatic nitrogens is 4. The van der Waals surface area contributed by atoms with Crippen molar-refractivity contribution in [2.45, 2.75) is 64.8 Å². The average Bonchev–Trinajstić information content (AvgIpc) is 3.46. The molecular weight excluding hydrogens is 651 g/mol. The Morgan fingerprint density at radius 1 is 0.854 bits per heavy atom. The second-order valence-electron chi connectivity index (χ2n) is 10.6. The number of halogens is 3. The molecule has 3 N–H and O–H groups in total. The Balaban J connectivity index is 1.15. The fourth-order valence-corrected chi connectivity index (χ4v) is 5.29. The van der Waals surface area contributed by atoms with Gasteiger partial charge in [-0.05, 0) is 74.1 Å². The van der Waals surface area contributed by atoms with E-state index < -0.39 is 30.2 Å². The molecule has 0 aliphatic rings. The summed E-state index contributed by atoms with van der Waals surface area (Å²) in [5, 5.41) is 25.4. The molecule has 0 radical (unpaired) electrons. The van der Waals surface area contributed by atoms with Crippen LogP contribution in [0.15, 0.2) is 60.7 Å². The molecule has 1 unspecified atom stereocenters. The van der Waals surface area contributed by atoms with Crippen molar-refractivity contribution in [1.82, 2.24) is 25.7 Å². The predicted molar refractivity (Wildman–Crippen MR) is 171 cm³/mol. The van der Waals surface area contributed by atoms with E-state index in [-0.39, 0.29) is 18.7 Å². The Labute approximate surface area is 278 Å². The normalized spacial score (nSPS) is 11.8. The van der Waals surface area contributed by atoms with Crippen molar-refractivity contribution >= 4 is 40.2 Å². The molecule has 0 bridgehead atoms. The molecule has 3 amide bonds. The van der Waals surface area contributed by atoms with Crippen LogP contribution in [0.4, 0.5) is 28.9 Å². The van der Waals surface area contributed by atoms with Gasteiger partial charge in [0.2, 0.25) is 16.9 Å². The number of rotatable bonds is 15. The highest BCUT2D eigenvalue weighted by Gasteiger charge is 2.31. The number of alkyl carbamates (subject to hydrolysis) is 1. The first-order valence-electron chi connectivity index (χ1n) is 15.1. The van der Waals surface area contributed by atoms with E-state index in [1.54, 1.807) is 32.0 Å². The largest absolute Gasteiger partial charge is 0.573 e. The highest BCUT2D eigenvalue weighted by atomic mass is 32.1. The number of aryl methyl sites for hydroxylation is 2. The zero-order chi connectivity index (χ0) is 34.5. The summed E-state index contributed by atoms with van der Waals surface area (Å²) < 4.78 is 46.6. The summed E-state index contributed by atoms with van der Waals surface area (Å²) in [6, 6.07) is 16.0. The molecule has 0 aliphatic heterocycles. The van der Waals surface area contributed by atoms with Crippen LogP contribution in [0.5, 0.6) is 5.75 Å². The van der Waals surface area contributed by atoms with Crippen LogP contribution in [0.2, 0.25) is 0 Å². The second-order valence-corrected chi connectivity index (χ2v) is 11.6. The fourth-order valence-electron chi connectivity index (χ4n) is 4.49. The van der Waals surface area contributed by atoms with Gasteiger partial charge in [-0.15, -0.1) is 28.5 Å². The summed E-state index contributed by atoms with van der Waals surface area (Å²) in [6.07, 6.45) is -2.99. The summed E-state index contributed by atoms with van der Waals surface area (Å²) >= 11 is 1.22. The number of ether oxygens (including phenoxy) is 2. The molecule has 254 valence electrons. The number of hydrogen-bond acceptors (Lipinski definition) is 10. The molecule has 2 aromatic heterocycles. The Kier molecular flexibility index (Phi) is 12.8. The zero-order valence-electron chi connectivity index (χ0n) is 26.2. The van der Waals surface area contributed by atoms with Crippen molar-refractivity contribution in [3.8, 4) is 5.75 Å². The molecule has 0 aliphatic carbocycles. The number of amides is 3. The number of nitrogens with zero attached hydrogens (tertiary/aromatic N) is 4. The minimum atomic E-state index is -4.82. The molecule has 0 fully saturated rings. The third-order valence-corrected chi connectivity index (χ3v) is 7.56. The van der Waals surface area contributed by atoms with Crippen molar-refractivity contribution in [2.75, 3.05) is 17.2 Å². The lowest BCUT2D eigenvalue weighted by Crippen LogP contribution is -2.24. The number of unbranched alkanes of at least 4 members (excludes halogenated alkanes) is 1. The number of carbonyl (C=O) groups is 3. The first-order valence-corrected chi connectivity index (χ1v) is 15.9. The van der Waals surface area contributed by atoms with Crippen molar-refractivity contribution < 1.29 is 37.0 Å². The lowest BCUT2D eigenvalue weighted by atomic mass is 10.0. The topological polar surface area (TPSA) is 157 Å². The van der Waals surface area contributed by atoms with Crippen LogP contribution in [0.1, 0.15) is 60.2 Å². The standard InChI is InChI=1S/C32H34F3N7O5S/c1-3-36-31(45)46-20(2)23-10-6-8-21(16-23)18-27(43)37-26-15-14-24(39-40-26)11-4-5-13-29-41-42-30(48-29)38-28(44)19-22-9-7-12-25(17-22)47-32(33,34)35/h6-10,12,14-17,20H,3-5,11,13,18-19H2,1-2H3,(H,36,45)(H,37,40,43)(H,38,42,44). The SMILES string of the molecule is CCNC(=O)OC(C)c1cccc(CC(=O)Nc2ccc(CCCCc3nnc(NC(=O)Cc4cccc(OC(F)(F)F)c4)s3)nn2)c1. The van der Waals surface area contributed by atoms with E-state index in [4.69, 9.17) is 4.74 Å². The van der Waals surface area contributed by atoms with E-state index in [0.29, 0.717) is 35.9 Å². The fraction of sp³-hybridized carbons (Fsp3) is 0.344. The monoisotopic (exact) mass is 685 g/mol. The Hall–Kier alpha value is -5.12. The summed E-state index contributed by atoms with van der Waals surface area (Å²) in [4.78, 5) is 36.7. The van der Waals surface area contributed by atoms with E-state index in [9.17, 15) is 27.6 Å². The third-order valence-electron chi connectivity index (χ3n) is 6.66. The quantitative estimate of drug-likeness (QED) is 0.128. The molecule has 1 atom stereocenters. The molecule has 48 heavy (non-hydrogen) atoms. The van der Waals surface area contributed by atoms with Gasteiger partial charge in [0, 0.05) is 13.0 Å². The molecule has 2 aromatic carbocycles. The van der Waals surface area contributed by atoms with Crippen LogP contribution in [0.25, 0.3) is 0 Å². The number of hydrogen-bond donors (Lipinski definition) is 3. The number of carbonyl (C=O) groups excluding carboxylic acids is 3. The minimum Gasteiger partial charge on any atom is -0.442 e. The Bertz CT molecular complexity index is 1690. The zero-order valence-corrected chi connectivity index (χ0v) is 27.0. The van der Waals surface area contributed by atoms with Crippen molar-refractivity contribution in [1.29, 1.82) is 0 Å². The number of benzene rings is 2. The Morgan fingerprint density at radius 3 is 2.27 bits per heavy atom. The van der Waals surface area contributed by atoms with E-state index in [1.165, 1.54) is 23.5 Å². The van der Waals surface area contributed by atoms with Gasteiger partial charge < -0.3 is 25.4 Å². The van der Waals surface area contributed by atoms with Crippen LogP contribution in [-0.4, -0.2) is 51.2 Å². The van der Waals surface area contributed by atoms with Crippen molar-refractivity contribution in [3.63, 3.8) is 0 Å². The molecular formula is C32H34F3N7O5S. The molecule has 0 saturated heterocycles. The number of alkyl halides is 3. The van der Waals surface area contributed by atoms with Gasteiger partial charge in [-0.1, -0.05) is 47.7 Å². The molecule has 4 rings (SSSR count). The van der Waals surface area contributed by atoms with Gasteiger partial charge in [-0.2, -0.15) is 5.10 Å². The van der Waals surface area contributed by atoms with E-state index in [2.05, 4.69) is 41.1 Å². The molecule has 0 saturated carbocycles. The van der Waals surface area contributed by atoms with E-state index in [1.807, 2.05) is 18.2 Å². The third kappa shape index (κ3) is 12.2. The van der Waals surface area contributed by atoms with Gasteiger partial charge in [0.1, 0.15) is 16.9 Å². The number of anilines is 2. The van der Waals surface area contributed by atoms with Crippen LogP contribution in [-0.2, 0) is 40.0 Å². The average molecular weight is 686 g/mol. The maximum Gasteiger partial charge on any atom is 0.573 e. The molecule has 0 spiro atoms. The molecule has 16 heteroatoms. The van der Waals surface area contributed by atoms with Crippen molar-refractivity contribution in [3.05, 3.63) is 88.1 Å². The highest BCUT2D eigenvalue weighted by Crippen LogP contribution is 2.24. The second kappa shape index (κ2) is 17.2. The van der Waals surface area contributed by atoms with Crippen molar-refractivity contribution in [2.24, 2.45) is 0 Å². The Morgan fingerprint density at radius 2 is 1.56 bits per heavy atom. The van der Waals surface area contributed by atoms with E-state index in [0.717, 1.165) is 46.8 Å². The van der Waals surface area contributed by atoms with Crippen LogP contribution < -0.4 is 20.7 Å². The summed E-state index contributed by atoms with van der Waals surface area (Å²) in [7, 11) is 0.